The van der Waals surface area contributed by atoms with Gasteiger partial charge in [0.2, 0.25) is 5.91 Å². The quantitative estimate of drug-likeness (QED) is 0.904. The Morgan fingerprint density at radius 2 is 1.95 bits per heavy atom. The number of aromatic nitrogens is 2. The van der Waals surface area contributed by atoms with Crippen molar-refractivity contribution < 1.29 is 4.79 Å². The minimum atomic E-state index is -0.0324. The van der Waals surface area contributed by atoms with Gasteiger partial charge in [0.1, 0.15) is 5.82 Å². The van der Waals surface area contributed by atoms with Crippen LogP contribution in [0.25, 0.3) is 5.69 Å². The van der Waals surface area contributed by atoms with Gasteiger partial charge in [-0.2, -0.15) is 5.10 Å². The van der Waals surface area contributed by atoms with Crippen LogP contribution in [-0.4, -0.2) is 26.2 Å². The summed E-state index contributed by atoms with van der Waals surface area (Å²) < 4.78 is 1.77. The lowest BCUT2D eigenvalue weighted by Gasteiger charge is -2.17. The first-order valence-electron chi connectivity index (χ1n) is 7.01. The lowest BCUT2D eigenvalue weighted by atomic mass is 10.3. The number of carbonyl (C=O) groups is 1. The van der Waals surface area contributed by atoms with Crippen LogP contribution in [0.3, 0.4) is 0 Å². The van der Waals surface area contributed by atoms with Gasteiger partial charge in [0, 0.05) is 15.8 Å². The molecule has 0 fully saturated rings. The van der Waals surface area contributed by atoms with Gasteiger partial charge in [-0.3, -0.25) is 4.79 Å². The Morgan fingerprint density at radius 1 is 1.32 bits per heavy atom. The van der Waals surface area contributed by atoms with Gasteiger partial charge in [-0.25, -0.2) is 4.68 Å². The van der Waals surface area contributed by atoms with Crippen molar-refractivity contribution in [2.45, 2.75) is 32.4 Å². The second kappa shape index (κ2) is 6.75. The van der Waals surface area contributed by atoms with Crippen LogP contribution < -0.4 is 5.32 Å². The Bertz CT molecular complexity index is 659. The van der Waals surface area contributed by atoms with Crippen molar-refractivity contribution >= 4 is 35.1 Å². The number of halogens is 1. The number of thioether (sulfide) groups is 1. The molecular formula is C16H20ClN3OS. The molecule has 4 nitrogen and oxygen atoms in total. The van der Waals surface area contributed by atoms with Gasteiger partial charge >= 0.3 is 0 Å². The number of aryl methyl sites for hydroxylation is 1. The predicted molar refractivity (Wildman–Crippen MR) is 94.2 cm³/mol. The number of nitrogens with zero attached hydrogens (tertiary/aromatic N) is 2. The van der Waals surface area contributed by atoms with Crippen LogP contribution in [-0.2, 0) is 4.79 Å². The van der Waals surface area contributed by atoms with E-state index in [1.807, 2.05) is 25.1 Å². The van der Waals surface area contributed by atoms with E-state index in [0.29, 0.717) is 16.6 Å². The summed E-state index contributed by atoms with van der Waals surface area (Å²) in [5.74, 6) is 1.04. The monoisotopic (exact) mass is 337 g/mol. The fourth-order valence-corrected chi connectivity index (χ4v) is 2.59. The van der Waals surface area contributed by atoms with E-state index in [0.717, 1.165) is 11.4 Å². The topological polar surface area (TPSA) is 46.9 Å². The largest absolute Gasteiger partial charge is 0.310 e. The zero-order valence-corrected chi connectivity index (χ0v) is 14.8. The fourth-order valence-electron chi connectivity index (χ4n) is 1.83. The first-order valence-corrected chi connectivity index (χ1v) is 8.37. The number of benzene rings is 1. The molecule has 0 spiro atoms. The Morgan fingerprint density at radius 3 is 2.55 bits per heavy atom. The predicted octanol–water partition coefficient (Wildman–Crippen LogP) is 4.30. The van der Waals surface area contributed by atoms with Gasteiger partial charge in [-0.05, 0) is 31.2 Å². The van der Waals surface area contributed by atoms with Gasteiger partial charge in [-0.15, -0.1) is 11.8 Å². The maximum absolute atomic E-state index is 12.1. The van der Waals surface area contributed by atoms with Crippen LogP contribution in [0.5, 0.6) is 0 Å². The number of carbonyl (C=O) groups excluding carboxylic acids is 1. The maximum atomic E-state index is 12.1. The van der Waals surface area contributed by atoms with Crippen molar-refractivity contribution in [3.8, 4) is 5.69 Å². The molecule has 1 aromatic carbocycles. The van der Waals surface area contributed by atoms with Gasteiger partial charge in [0.05, 0.1) is 17.1 Å². The van der Waals surface area contributed by atoms with E-state index in [-0.39, 0.29) is 10.7 Å². The van der Waals surface area contributed by atoms with Crippen molar-refractivity contribution in [2.75, 3.05) is 11.1 Å². The van der Waals surface area contributed by atoms with E-state index in [4.69, 9.17) is 11.6 Å². The first kappa shape index (κ1) is 16.9. The van der Waals surface area contributed by atoms with Gasteiger partial charge in [0.25, 0.3) is 0 Å². The summed E-state index contributed by atoms with van der Waals surface area (Å²) in [6.07, 6.45) is 0. The molecule has 0 radical (unpaired) electrons. The summed E-state index contributed by atoms with van der Waals surface area (Å²) in [6.45, 7) is 8.17. The van der Waals surface area contributed by atoms with Gasteiger partial charge in [0.15, 0.2) is 0 Å². The highest BCUT2D eigenvalue weighted by Gasteiger charge is 2.15. The molecule has 1 aromatic heterocycles. The highest BCUT2D eigenvalue weighted by molar-refractivity contribution is 8.01. The molecule has 1 N–H and O–H groups in total. The molecule has 118 valence electrons. The third kappa shape index (κ3) is 4.78. The van der Waals surface area contributed by atoms with Gasteiger partial charge in [-0.1, -0.05) is 32.4 Å². The second-order valence-corrected chi connectivity index (χ2v) is 8.25. The van der Waals surface area contributed by atoms with Crippen molar-refractivity contribution in [3.63, 3.8) is 0 Å². The zero-order valence-electron chi connectivity index (χ0n) is 13.2. The summed E-state index contributed by atoms with van der Waals surface area (Å²) in [6, 6.07) is 9.20. The molecule has 22 heavy (non-hydrogen) atoms. The number of amides is 1. The molecule has 0 aliphatic rings. The number of hydrogen-bond donors (Lipinski definition) is 1. The lowest BCUT2D eigenvalue weighted by molar-refractivity contribution is -0.113. The van der Waals surface area contributed by atoms with E-state index in [9.17, 15) is 4.79 Å². The number of anilines is 1. The molecular weight excluding hydrogens is 318 g/mol. The Balaban J connectivity index is 2.15. The molecule has 0 aliphatic heterocycles. The lowest BCUT2D eigenvalue weighted by Crippen LogP contribution is -2.20. The Kier molecular flexibility index (Phi) is 5.19. The summed E-state index contributed by atoms with van der Waals surface area (Å²) in [5, 5.41) is 8.02. The number of hydrogen-bond acceptors (Lipinski definition) is 3. The zero-order chi connectivity index (χ0) is 16.3. The Labute approximate surface area is 140 Å². The second-order valence-electron chi connectivity index (χ2n) is 6.01. The number of rotatable bonds is 4. The first-order chi connectivity index (χ1) is 10.2. The normalized spacial score (nSPS) is 11.5. The molecule has 0 aliphatic carbocycles. The SMILES string of the molecule is Cc1cc(NC(=O)CSC(C)(C)C)n(-c2ccc(Cl)cc2)n1. The third-order valence-corrected chi connectivity index (χ3v) is 4.33. The van der Waals surface area contributed by atoms with Crippen molar-refractivity contribution in [3.05, 3.63) is 41.0 Å². The average molecular weight is 338 g/mol. The minimum Gasteiger partial charge on any atom is -0.310 e. The molecule has 0 atom stereocenters. The van der Waals surface area contributed by atoms with E-state index < -0.39 is 0 Å². The molecule has 6 heteroatoms. The third-order valence-electron chi connectivity index (χ3n) is 2.81. The van der Waals surface area contributed by atoms with E-state index >= 15 is 0 Å². The van der Waals surface area contributed by atoms with Crippen molar-refractivity contribution in [1.29, 1.82) is 0 Å². The molecule has 0 saturated heterocycles. The van der Waals surface area contributed by atoms with E-state index in [1.54, 1.807) is 28.6 Å². The van der Waals surface area contributed by atoms with Crippen LogP contribution in [0.1, 0.15) is 26.5 Å². The van der Waals surface area contributed by atoms with Crippen LogP contribution in [0.2, 0.25) is 5.02 Å². The fraction of sp³-hybridized carbons (Fsp3) is 0.375. The van der Waals surface area contributed by atoms with Crippen LogP contribution in [0.15, 0.2) is 30.3 Å². The number of nitrogens with one attached hydrogen (secondary N) is 1. The molecule has 0 bridgehead atoms. The molecule has 1 amide bonds. The van der Waals surface area contributed by atoms with Crippen LogP contribution >= 0.6 is 23.4 Å². The standard InChI is InChI=1S/C16H20ClN3OS/c1-11-9-14(18-15(21)10-22-16(2,3)4)20(19-11)13-7-5-12(17)6-8-13/h5-9H,10H2,1-4H3,(H,18,21). The van der Waals surface area contributed by atoms with E-state index in [1.165, 1.54) is 0 Å². The smallest absolute Gasteiger partial charge is 0.235 e. The van der Waals surface area contributed by atoms with Crippen LogP contribution in [0.4, 0.5) is 5.82 Å². The molecule has 2 aromatic rings. The molecule has 0 saturated carbocycles. The highest BCUT2D eigenvalue weighted by atomic mass is 35.5. The van der Waals surface area contributed by atoms with Crippen LogP contribution in [0, 0.1) is 6.92 Å². The summed E-state index contributed by atoms with van der Waals surface area (Å²) >= 11 is 7.52. The average Bonchev–Trinajstić information content (AvgIpc) is 2.77. The summed E-state index contributed by atoms with van der Waals surface area (Å²) in [5.41, 5.74) is 1.70. The highest BCUT2D eigenvalue weighted by Crippen LogP contribution is 2.24. The van der Waals surface area contributed by atoms with Crippen molar-refractivity contribution in [1.82, 2.24) is 9.78 Å². The van der Waals surface area contributed by atoms with E-state index in [2.05, 4.69) is 31.2 Å². The Hall–Kier alpha value is -1.46. The summed E-state index contributed by atoms with van der Waals surface area (Å²) in [4.78, 5) is 12.1. The maximum Gasteiger partial charge on any atom is 0.235 e. The minimum absolute atomic E-state index is 0.0324. The molecule has 2 rings (SSSR count). The van der Waals surface area contributed by atoms with Crippen molar-refractivity contribution in [2.24, 2.45) is 0 Å². The molecule has 0 unspecified atom stereocenters. The van der Waals surface area contributed by atoms with Gasteiger partial charge < -0.3 is 5.32 Å². The molecule has 1 heterocycles. The summed E-state index contributed by atoms with van der Waals surface area (Å²) in [7, 11) is 0.